The number of esters is 1. The number of carbonyl (C=O) groups is 2. The number of hydrogen-bond acceptors (Lipinski definition) is 4. The SMILES string of the molecule is C=CCOc1ccc(C2CC(=O)N(CC(=O)OCC)c3ccc4ccccc4c32)cc1. The number of anilines is 1. The molecule has 1 aliphatic rings. The van der Waals surface area contributed by atoms with Crippen molar-refractivity contribution < 1.29 is 19.1 Å². The van der Waals surface area contributed by atoms with E-state index in [2.05, 4.69) is 18.7 Å². The number of benzene rings is 3. The Balaban J connectivity index is 1.79. The minimum absolute atomic E-state index is 0.0843. The van der Waals surface area contributed by atoms with E-state index in [0.29, 0.717) is 6.61 Å². The van der Waals surface area contributed by atoms with Crippen LogP contribution in [-0.2, 0) is 14.3 Å². The third-order valence-electron chi connectivity index (χ3n) is 5.51. The molecule has 0 saturated carbocycles. The van der Waals surface area contributed by atoms with Crippen molar-refractivity contribution in [2.45, 2.75) is 19.3 Å². The van der Waals surface area contributed by atoms with Crippen molar-refractivity contribution in [3.05, 3.63) is 84.4 Å². The van der Waals surface area contributed by atoms with E-state index in [9.17, 15) is 9.59 Å². The Morgan fingerprint density at radius 1 is 1.13 bits per heavy atom. The van der Waals surface area contributed by atoms with Crippen LogP contribution in [0.4, 0.5) is 5.69 Å². The molecule has 0 fully saturated rings. The van der Waals surface area contributed by atoms with Gasteiger partial charge in [0.2, 0.25) is 5.91 Å². The third-order valence-corrected chi connectivity index (χ3v) is 5.51. The molecule has 1 aliphatic heterocycles. The van der Waals surface area contributed by atoms with Crippen LogP contribution in [0.15, 0.2) is 73.3 Å². The summed E-state index contributed by atoms with van der Waals surface area (Å²) in [5.41, 5.74) is 2.86. The second kappa shape index (κ2) is 9.04. The first kappa shape index (κ1) is 20.7. The predicted octanol–water partition coefficient (Wildman–Crippen LogP) is 4.84. The van der Waals surface area contributed by atoms with Crippen molar-refractivity contribution in [1.29, 1.82) is 0 Å². The molecule has 3 aromatic carbocycles. The number of nitrogens with zero attached hydrogens (tertiary/aromatic N) is 1. The lowest BCUT2D eigenvalue weighted by molar-refractivity contribution is -0.142. The fourth-order valence-electron chi connectivity index (χ4n) is 4.15. The van der Waals surface area contributed by atoms with E-state index < -0.39 is 5.97 Å². The van der Waals surface area contributed by atoms with Gasteiger partial charge < -0.3 is 14.4 Å². The highest BCUT2D eigenvalue weighted by Gasteiger charge is 2.34. The minimum atomic E-state index is -0.405. The molecule has 0 aliphatic carbocycles. The van der Waals surface area contributed by atoms with Gasteiger partial charge in [-0.25, -0.2) is 0 Å². The Morgan fingerprint density at radius 3 is 2.65 bits per heavy atom. The van der Waals surface area contributed by atoms with E-state index in [4.69, 9.17) is 9.47 Å². The minimum Gasteiger partial charge on any atom is -0.490 e. The van der Waals surface area contributed by atoms with Gasteiger partial charge in [-0.1, -0.05) is 55.1 Å². The van der Waals surface area contributed by atoms with Gasteiger partial charge in [0.15, 0.2) is 0 Å². The maximum absolute atomic E-state index is 13.1. The summed E-state index contributed by atoms with van der Waals surface area (Å²) >= 11 is 0. The summed E-state index contributed by atoms with van der Waals surface area (Å²) in [6.45, 7) is 6.07. The summed E-state index contributed by atoms with van der Waals surface area (Å²) in [5, 5.41) is 2.18. The van der Waals surface area contributed by atoms with Gasteiger partial charge in [0, 0.05) is 18.0 Å². The number of rotatable bonds is 7. The Labute approximate surface area is 181 Å². The Kier molecular flexibility index (Phi) is 6.03. The molecule has 0 bridgehead atoms. The van der Waals surface area contributed by atoms with Gasteiger partial charge in [-0.15, -0.1) is 0 Å². The first-order valence-corrected chi connectivity index (χ1v) is 10.4. The third kappa shape index (κ3) is 4.17. The highest BCUT2D eigenvalue weighted by Crippen LogP contribution is 2.44. The first-order chi connectivity index (χ1) is 15.1. The van der Waals surface area contributed by atoms with Crippen LogP contribution in [0.1, 0.15) is 30.4 Å². The van der Waals surface area contributed by atoms with Crippen molar-refractivity contribution in [3.8, 4) is 5.75 Å². The van der Waals surface area contributed by atoms with Crippen LogP contribution >= 0.6 is 0 Å². The summed E-state index contributed by atoms with van der Waals surface area (Å²) in [6.07, 6.45) is 1.99. The molecule has 1 unspecified atom stereocenters. The second-order valence-corrected chi connectivity index (χ2v) is 7.43. The molecule has 0 spiro atoms. The molecule has 31 heavy (non-hydrogen) atoms. The fraction of sp³-hybridized carbons (Fsp3) is 0.231. The summed E-state index contributed by atoms with van der Waals surface area (Å²) < 4.78 is 10.7. The topological polar surface area (TPSA) is 55.8 Å². The van der Waals surface area contributed by atoms with Crippen LogP contribution in [0, 0.1) is 0 Å². The average molecular weight is 415 g/mol. The predicted molar refractivity (Wildman–Crippen MR) is 122 cm³/mol. The van der Waals surface area contributed by atoms with Gasteiger partial charge in [0.25, 0.3) is 0 Å². The quantitative estimate of drug-likeness (QED) is 0.409. The number of ether oxygens (including phenoxy) is 2. The van der Waals surface area contributed by atoms with Crippen LogP contribution in [-0.4, -0.2) is 31.6 Å². The molecule has 1 amide bonds. The van der Waals surface area contributed by atoms with E-state index >= 15 is 0 Å². The maximum Gasteiger partial charge on any atom is 0.326 e. The number of amides is 1. The summed E-state index contributed by atoms with van der Waals surface area (Å²) in [6, 6.07) is 19.9. The van der Waals surface area contributed by atoms with E-state index in [1.807, 2.05) is 48.5 Å². The van der Waals surface area contributed by atoms with Gasteiger partial charge >= 0.3 is 5.97 Å². The zero-order chi connectivity index (χ0) is 21.8. The Morgan fingerprint density at radius 2 is 1.90 bits per heavy atom. The Hall–Kier alpha value is -3.60. The van der Waals surface area contributed by atoms with Crippen LogP contribution < -0.4 is 9.64 Å². The number of carbonyl (C=O) groups excluding carboxylic acids is 2. The van der Waals surface area contributed by atoms with E-state index in [1.54, 1.807) is 17.9 Å². The molecule has 0 saturated heterocycles. The summed E-state index contributed by atoms with van der Waals surface area (Å²) in [5.74, 6) is 0.151. The van der Waals surface area contributed by atoms with Crippen LogP contribution in [0.5, 0.6) is 5.75 Å². The van der Waals surface area contributed by atoms with Crippen LogP contribution in [0.25, 0.3) is 10.8 Å². The molecule has 4 rings (SSSR count). The molecule has 3 aromatic rings. The standard InChI is InChI=1S/C26H25NO4/c1-3-15-31-20-12-9-19(10-13-20)22-16-24(28)27(17-25(29)30-4-2)23-14-11-18-7-5-6-8-21(18)26(22)23/h3,5-14,22H,1,4,15-17H2,2H3. The lowest BCUT2D eigenvalue weighted by Crippen LogP contribution is -2.41. The Bertz CT molecular complexity index is 1120. The maximum atomic E-state index is 13.1. The van der Waals surface area contributed by atoms with E-state index in [1.165, 1.54) is 0 Å². The average Bonchev–Trinajstić information content (AvgIpc) is 2.79. The summed E-state index contributed by atoms with van der Waals surface area (Å²) in [4.78, 5) is 26.8. The molecule has 158 valence electrons. The first-order valence-electron chi connectivity index (χ1n) is 10.4. The lowest BCUT2D eigenvalue weighted by Gasteiger charge is -2.34. The largest absolute Gasteiger partial charge is 0.490 e. The molecule has 0 N–H and O–H groups in total. The molecule has 1 atom stereocenters. The summed E-state index contributed by atoms with van der Waals surface area (Å²) in [7, 11) is 0. The van der Waals surface area contributed by atoms with E-state index in [0.717, 1.165) is 33.3 Å². The van der Waals surface area contributed by atoms with Gasteiger partial charge in [-0.3, -0.25) is 9.59 Å². The zero-order valence-electron chi connectivity index (χ0n) is 17.5. The molecular formula is C26H25NO4. The number of hydrogen-bond donors (Lipinski definition) is 0. The van der Waals surface area contributed by atoms with E-state index in [-0.39, 0.29) is 31.4 Å². The molecule has 0 aromatic heterocycles. The molecular weight excluding hydrogens is 390 g/mol. The van der Waals surface area contributed by atoms with Gasteiger partial charge in [0.1, 0.15) is 18.9 Å². The van der Waals surface area contributed by atoms with Gasteiger partial charge in [-0.2, -0.15) is 0 Å². The van der Waals surface area contributed by atoms with Gasteiger partial charge in [-0.05, 0) is 47.0 Å². The second-order valence-electron chi connectivity index (χ2n) is 7.43. The fourth-order valence-corrected chi connectivity index (χ4v) is 4.15. The molecule has 5 heteroatoms. The highest BCUT2D eigenvalue weighted by molar-refractivity contribution is 6.05. The molecule has 1 heterocycles. The van der Waals surface area contributed by atoms with Gasteiger partial charge in [0.05, 0.1) is 6.61 Å². The smallest absolute Gasteiger partial charge is 0.326 e. The van der Waals surface area contributed by atoms with Crippen molar-refractivity contribution in [1.82, 2.24) is 0 Å². The normalized spacial score (nSPS) is 15.5. The zero-order valence-corrected chi connectivity index (χ0v) is 17.5. The lowest BCUT2D eigenvalue weighted by atomic mass is 9.81. The highest BCUT2D eigenvalue weighted by atomic mass is 16.5. The molecule has 0 radical (unpaired) electrons. The van der Waals surface area contributed by atoms with Crippen LogP contribution in [0.3, 0.4) is 0 Å². The molecule has 5 nitrogen and oxygen atoms in total. The van der Waals surface area contributed by atoms with Crippen molar-refractivity contribution in [2.75, 3.05) is 24.7 Å². The van der Waals surface area contributed by atoms with Crippen molar-refractivity contribution in [3.63, 3.8) is 0 Å². The monoisotopic (exact) mass is 415 g/mol. The van der Waals surface area contributed by atoms with Crippen molar-refractivity contribution in [2.24, 2.45) is 0 Å². The number of fused-ring (bicyclic) bond motifs is 3. The van der Waals surface area contributed by atoms with Crippen LogP contribution in [0.2, 0.25) is 0 Å². The van der Waals surface area contributed by atoms with Crippen molar-refractivity contribution >= 4 is 28.3 Å².